The summed E-state index contributed by atoms with van der Waals surface area (Å²) in [6.45, 7) is 0. The first-order valence-corrected chi connectivity index (χ1v) is 4.52. The molecule has 1 heterocycles. The summed E-state index contributed by atoms with van der Waals surface area (Å²) in [4.78, 5) is 8.33. The number of amidine groups is 1. The first-order chi connectivity index (χ1) is 5.36. The fraction of sp³-hybridized carbons (Fsp3) is 0.429. The number of hydrogen-bond acceptors (Lipinski definition) is 3. The third kappa shape index (κ3) is 1.57. The Morgan fingerprint density at radius 2 is 2.55 bits per heavy atom. The molecule has 1 aliphatic rings. The van der Waals surface area contributed by atoms with Gasteiger partial charge in [-0.05, 0) is 12.8 Å². The van der Waals surface area contributed by atoms with E-state index in [1.807, 2.05) is 5.38 Å². The smallest absolute Gasteiger partial charge is 0.145 e. The minimum Gasteiger partial charge on any atom is -0.382 e. The van der Waals surface area contributed by atoms with Crippen LogP contribution < -0.4 is 5.73 Å². The average molecular weight is 167 g/mol. The molecule has 1 aromatic rings. The number of rotatable bonds is 2. The van der Waals surface area contributed by atoms with Crippen molar-refractivity contribution >= 4 is 17.2 Å². The third-order valence-electron chi connectivity index (χ3n) is 1.56. The molecule has 0 amide bonds. The molecule has 0 aromatic carbocycles. The zero-order valence-corrected chi connectivity index (χ0v) is 6.84. The largest absolute Gasteiger partial charge is 0.382 e. The van der Waals surface area contributed by atoms with Crippen molar-refractivity contribution in [2.24, 2.45) is 10.7 Å². The van der Waals surface area contributed by atoms with Gasteiger partial charge >= 0.3 is 0 Å². The Bertz CT molecular complexity index is 261. The van der Waals surface area contributed by atoms with E-state index < -0.39 is 0 Å². The Hall–Kier alpha value is -0.900. The summed E-state index contributed by atoms with van der Waals surface area (Å²) in [5, 5.41) is 1.92. The first-order valence-electron chi connectivity index (χ1n) is 3.58. The predicted octanol–water partition coefficient (Wildman–Crippen LogP) is 1.01. The summed E-state index contributed by atoms with van der Waals surface area (Å²) in [5.41, 5.74) is 8.26. The molecule has 0 bridgehead atoms. The Morgan fingerprint density at radius 3 is 3.09 bits per heavy atom. The van der Waals surface area contributed by atoms with Gasteiger partial charge in [-0.2, -0.15) is 0 Å². The topological polar surface area (TPSA) is 51.3 Å². The normalized spacial score (nSPS) is 18.7. The van der Waals surface area contributed by atoms with Crippen molar-refractivity contribution in [2.45, 2.75) is 18.9 Å². The second kappa shape index (κ2) is 2.62. The van der Waals surface area contributed by atoms with Gasteiger partial charge in [-0.25, -0.2) is 4.98 Å². The Morgan fingerprint density at radius 1 is 1.73 bits per heavy atom. The van der Waals surface area contributed by atoms with Crippen LogP contribution in [0.5, 0.6) is 0 Å². The maximum atomic E-state index is 5.67. The van der Waals surface area contributed by atoms with Gasteiger partial charge in [0.05, 0.1) is 11.6 Å². The van der Waals surface area contributed by atoms with Crippen molar-refractivity contribution in [1.82, 2.24) is 4.98 Å². The van der Waals surface area contributed by atoms with Gasteiger partial charge in [0.2, 0.25) is 0 Å². The van der Waals surface area contributed by atoms with E-state index in [1.54, 1.807) is 16.8 Å². The van der Waals surface area contributed by atoms with E-state index in [4.69, 9.17) is 5.73 Å². The predicted molar refractivity (Wildman–Crippen MR) is 45.9 cm³/mol. The fourth-order valence-corrected chi connectivity index (χ4v) is 1.35. The van der Waals surface area contributed by atoms with Crippen LogP contribution in [0.15, 0.2) is 15.9 Å². The van der Waals surface area contributed by atoms with Crippen molar-refractivity contribution in [3.63, 3.8) is 0 Å². The van der Waals surface area contributed by atoms with Gasteiger partial charge in [0.15, 0.2) is 0 Å². The van der Waals surface area contributed by atoms with Crippen molar-refractivity contribution in [1.29, 1.82) is 0 Å². The SMILES string of the molecule is NC(=NC1CC1)c1cscn1. The van der Waals surface area contributed by atoms with Gasteiger partial charge in [-0.15, -0.1) is 11.3 Å². The highest BCUT2D eigenvalue weighted by Gasteiger charge is 2.20. The second-order valence-corrected chi connectivity index (χ2v) is 3.34. The van der Waals surface area contributed by atoms with Crippen LogP contribution >= 0.6 is 11.3 Å². The van der Waals surface area contributed by atoms with E-state index >= 15 is 0 Å². The molecule has 3 nitrogen and oxygen atoms in total. The van der Waals surface area contributed by atoms with E-state index in [1.165, 1.54) is 12.8 Å². The highest BCUT2D eigenvalue weighted by molar-refractivity contribution is 7.07. The molecule has 0 radical (unpaired) electrons. The summed E-state index contributed by atoms with van der Waals surface area (Å²) >= 11 is 1.54. The standard InChI is InChI=1S/C7H9N3S/c8-7(10-5-1-2-5)6-3-11-4-9-6/h3-5H,1-2H2,(H2,8,10). The second-order valence-electron chi connectivity index (χ2n) is 2.62. The molecular formula is C7H9N3S. The van der Waals surface area contributed by atoms with Crippen molar-refractivity contribution in [3.8, 4) is 0 Å². The van der Waals surface area contributed by atoms with Gasteiger partial charge < -0.3 is 5.73 Å². The lowest BCUT2D eigenvalue weighted by molar-refractivity contribution is 1.06. The van der Waals surface area contributed by atoms with Crippen LogP contribution in [-0.4, -0.2) is 16.9 Å². The van der Waals surface area contributed by atoms with Crippen LogP contribution in [0.2, 0.25) is 0 Å². The fourth-order valence-electron chi connectivity index (χ4n) is 0.805. The summed E-state index contributed by atoms with van der Waals surface area (Å²) < 4.78 is 0. The van der Waals surface area contributed by atoms with Gasteiger partial charge in [0.1, 0.15) is 11.5 Å². The number of aliphatic imine (C=N–C) groups is 1. The lowest BCUT2D eigenvalue weighted by Crippen LogP contribution is -2.14. The Balaban J connectivity index is 2.15. The molecule has 4 heteroatoms. The van der Waals surface area contributed by atoms with Gasteiger partial charge in [-0.1, -0.05) is 0 Å². The minimum absolute atomic E-state index is 0.483. The number of aromatic nitrogens is 1. The molecule has 1 saturated carbocycles. The summed E-state index contributed by atoms with van der Waals surface area (Å²) in [6.07, 6.45) is 2.37. The molecule has 0 atom stereocenters. The molecule has 2 N–H and O–H groups in total. The van der Waals surface area contributed by atoms with Crippen molar-refractivity contribution in [2.75, 3.05) is 0 Å². The summed E-state index contributed by atoms with van der Waals surface area (Å²) in [7, 11) is 0. The first kappa shape index (κ1) is 6.79. The van der Waals surface area contributed by atoms with E-state index in [0.29, 0.717) is 11.9 Å². The zero-order chi connectivity index (χ0) is 7.68. The maximum absolute atomic E-state index is 5.67. The maximum Gasteiger partial charge on any atom is 0.145 e. The van der Waals surface area contributed by atoms with Gasteiger partial charge in [0.25, 0.3) is 0 Å². The molecule has 11 heavy (non-hydrogen) atoms. The van der Waals surface area contributed by atoms with Gasteiger partial charge in [0, 0.05) is 5.38 Å². The van der Waals surface area contributed by atoms with Crippen molar-refractivity contribution < 1.29 is 0 Å². The van der Waals surface area contributed by atoms with E-state index in [0.717, 1.165) is 5.69 Å². The summed E-state index contributed by atoms with van der Waals surface area (Å²) in [6, 6.07) is 0.483. The molecule has 1 aliphatic carbocycles. The molecule has 0 unspecified atom stereocenters. The number of hydrogen-bond donors (Lipinski definition) is 1. The molecule has 1 aromatic heterocycles. The molecule has 1 fully saturated rings. The van der Waals surface area contributed by atoms with Crippen LogP contribution in [0.4, 0.5) is 0 Å². The highest BCUT2D eigenvalue weighted by atomic mass is 32.1. The third-order valence-corrected chi connectivity index (χ3v) is 2.15. The quantitative estimate of drug-likeness (QED) is 0.528. The van der Waals surface area contributed by atoms with E-state index in [2.05, 4.69) is 9.98 Å². The Kier molecular flexibility index (Phi) is 1.62. The van der Waals surface area contributed by atoms with Gasteiger partial charge in [-0.3, -0.25) is 4.99 Å². The van der Waals surface area contributed by atoms with E-state index in [9.17, 15) is 0 Å². The monoisotopic (exact) mass is 167 g/mol. The van der Waals surface area contributed by atoms with Crippen LogP contribution in [0, 0.1) is 0 Å². The summed E-state index contributed by atoms with van der Waals surface area (Å²) in [5.74, 6) is 0.591. The zero-order valence-electron chi connectivity index (χ0n) is 6.03. The lowest BCUT2D eigenvalue weighted by atomic mass is 10.4. The number of thiazole rings is 1. The Labute approximate surface area is 69.0 Å². The highest BCUT2D eigenvalue weighted by Crippen LogP contribution is 2.23. The van der Waals surface area contributed by atoms with Crippen LogP contribution in [0.25, 0.3) is 0 Å². The van der Waals surface area contributed by atoms with Crippen LogP contribution in [0.1, 0.15) is 18.5 Å². The molecular weight excluding hydrogens is 158 g/mol. The minimum atomic E-state index is 0.483. The molecule has 0 saturated heterocycles. The van der Waals surface area contributed by atoms with Crippen LogP contribution in [-0.2, 0) is 0 Å². The van der Waals surface area contributed by atoms with Crippen molar-refractivity contribution in [3.05, 3.63) is 16.6 Å². The number of nitrogens with zero attached hydrogens (tertiary/aromatic N) is 2. The molecule has 0 aliphatic heterocycles. The number of nitrogens with two attached hydrogens (primary N) is 1. The van der Waals surface area contributed by atoms with Crippen LogP contribution in [0.3, 0.4) is 0 Å². The molecule has 0 spiro atoms. The lowest BCUT2D eigenvalue weighted by Gasteiger charge is -1.92. The molecule has 2 rings (SSSR count). The molecule has 58 valence electrons. The van der Waals surface area contributed by atoms with E-state index in [-0.39, 0.29) is 0 Å². The average Bonchev–Trinajstić information content (AvgIpc) is 2.67.